The van der Waals surface area contributed by atoms with Crippen molar-refractivity contribution in [3.63, 3.8) is 0 Å². The van der Waals surface area contributed by atoms with Crippen molar-refractivity contribution in [1.29, 1.82) is 0 Å². The molecule has 0 aromatic heterocycles. The maximum Gasteiger partial charge on any atom is 0.231 e. The van der Waals surface area contributed by atoms with Crippen molar-refractivity contribution >= 4 is 0 Å². The second kappa shape index (κ2) is 2.12. The minimum atomic E-state index is -0.478. The van der Waals surface area contributed by atoms with E-state index in [1.54, 1.807) is 0 Å². The van der Waals surface area contributed by atoms with E-state index < -0.39 is 5.82 Å². The van der Waals surface area contributed by atoms with Gasteiger partial charge in [0.25, 0.3) is 0 Å². The largest absolute Gasteiger partial charge is 0.454 e. The Hall–Kier alpha value is -1.25. The summed E-state index contributed by atoms with van der Waals surface area (Å²) in [5, 5.41) is 0. The maximum absolute atomic E-state index is 12.7. The minimum absolute atomic E-state index is 0.0780. The number of halogens is 1. The summed E-state index contributed by atoms with van der Waals surface area (Å²) in [7, 11) is 0. The predicted octanol–water partition coefficient (Wildman–Crippen LogP) is 1.61. The van der Waals surface area contributed by atoms with Crippen molar-refractivity contribution in [2.24, 2.45) is 0 Å². The molecule has 1 aliphatic rings. The smallest absolute Gasteiger partial charge is 0.231 e. The Morgan fingerprint density at radius 1 is 1.27 bits per heavy atom. The van der Waals surface area contributed by atoms with Crippen LogP contribution >= 0.6 is 0 Å². The van der Waals surface area contributed by atoms with E-state index in [-0.39, 0.29) is 12.4 Å². The molecule has 1 aromatic rings. The summed E-state index contributed by atoms with van der Waals surface area (Å²) in [6.07, 6.45) is 0. The van der Waals surface area contributed by atoms with Crippen LogP contribution in [0.3, 0.4) is 0 Å². The minimum Gasteiger partial charge on any atom is -0.454 e. The van der Waals surface area contributed by atoms with Crippen LogP contribution in [0.25, 0.3) is 0 Å². The summed E-state index contributed by atoms with van der Waals surface area (Å²) >= 11 is 0. The lowest BCUT2D eigenvalue weighted by molar-refractivity contribution is 0.174. The summed E-state index contributed by atoms with van der Waals surface area (Å²) in [5.74, 6) is 0.440. The van der Waals surface area contributed by atoms with Crippen LogP contribution in [0, 0.1) is 12.7 Å². The van der Waals surface area contributed by atoms with Gasteiger partial charge in [0.05, 0.1) is 0 Å². The number of rotatable bonds is 0. The molecule has 1 heterocycles. The van der Waals surface area contributed by atoms with E-state index in [1.165, 1.54) is 12.1 Å². The van der Waals surface area contributed by atoms with Crippen LogP contribution in [0.4, 0.5) is 4.39 Å². The monoisotopic (exact) mass is 152 g/mol. The molecule has 3 heteroatoms. The van der Waals surface area contributed by atoms with Gasteiger partial charge in [-0.1, -0.05) is 0 Å². The standard InChI is InChI=1S/C8H5FO2/c1-5-2-7-8(3-6(5)9)11-4-10-7/h1-3H,4H2. The molecule has 56 valence electrons. The molecule has 0 spiro atoms. The topological polar surface area (TPSA) is 18.5 Å². The Kier molecular flexibility index (Phi) is 1.24. The molecule has 0 saturated carbocycles. The second-order valence-electron chi connectivity index (χ2n) is 2.23. The van der Waals surface area contributed by atoms with Crippen LogP contribution in [0.15, 0.2) is 12.1 Å². The van der Waals surface area contributed by atoms with E-state index >= 15 is 0 Å². The van der Waals surface area contributed by atoms with Gasteiger partial charge in [0.2, 0.25) is 6.79 Å². The summed E-state index contributed by atoms with van der Waals surface area (Å²) in [6.45, 7) is 5.42. The molecule has 2 rings (SSSR count). The quantitative estimate of drug-likeness (QED) is 0.562. The van der Waals surface area contributed by atoms with E-state index in [9.17, 15) is 4.39 Å². The lowest BCUT2D eigenvalue weighted by atomic mass is 10.2. The molecule has 1 aliphatic heterocycles. The van der Waals surface area contributed by atoms with Gasteiger partial charge in [0, 0.05) is 13.0 Å². The molecule has 0 aliphatic carbocycles. The van der Waals surface area contributed by atoms with E-state index in [1.807, 2.05) is 0 Å². The zero-order chi connectivity index (χ0) is 7.84. The molecule has 0 saturated heterocycles. The fraction of sp³-hybridized carbons (Fsp3) is 0.125. The fourth-order valence-corrected chi connectivity index (χ4v) is 0.933. The van der Waals surface area contributed by atoms with Crippen LogP contribution in [0.1, 0.15) is 5.56 Å². The molecular formula is C8H5FO2. The van der Waals surface area contributed by atoms with E-state index in [0.717, 1.165) is 0 Å². The molecule has 0 N–H and O–H groups in total. The Morgan fingerprint density at radius 3 is 2.64 bits per heavy atom. The molecule has 0 bridgehead atoms. The number of hydrogen-bond donors (Lipinski definition) is 0. The maximum atomic E-state index is 12.7. The molecule has 0 fully saturated rings. The molecular weight excluding hydrogens is 147 g/mol. The SMILES string of the molecule is [CH]c1cc2c(cc1F)OCO2. The first-order valence-electron chi connectivity index (χ1n) is 3.12. The zero-order valence-electron chi connectivity index (χ0n) is 5.63. The molecule has 2 radical (unpaired) electrons. The van der Waals surface area contributed by atoms with Gasteiger partial charge in [0.1, 0.15) is 5.82 Å². The first-order chi connectivity index (χ1) is 5.27. The van der Waals surface area contributed by atoms with Crippen molar-refractivity contribution in [3.05, 3.63) is 30.4 Å². The van der Waals surface area contributed by atoms with E-state index in [2.05, 4.69) is 0 Å². The Labute approximate surface area is 63.5 Å². The zero-order valence-corrected chi connectivity index (χ0v) is 5.63. The normalized spacial score (nSPS) is 13.6. The van der Waals surface area contributed by atoms with Crippen LogP contribution in [0.2, 0.25) is 0 Å². The Morgan fingerprint density at radius 2 is 1.91 bits per heavy atom. The van der Waals surface area contributed by atoms with E-state index in [4.69, 9.17) is 16.4 Å². The van der Waals surface area contributed by atoms with Gasteiger partial charge >= 0.3 is 0 Å². The highest BCUT2D eigenvalue weighted by Crippen LogP contribution is 2.33. The van der Waals surface area contributed by atoms with Gasteiger partial charge in [-0.3, -0.25) is 0 Å². The number of fused-ring (bicyclic) bond motifs is 1. The number of hydrogen-bond acceptors (Lipinski definition) is 2. The highest BCUT2D eigenvalue weighted by molar-refractivity contribution is 5.45. The number of benzene rings is 1. The third kappa shape index (κ3) is 0.926. The average molecular weight is 152 g/mol. The van der Waals surface area contributed by atoms with Crippen LogP contribution in [-0.2, 0) is 0 Å². The Balaban J connectivity index is 2.57. The summed E-state index contributed by atoms with van der Waals surface area (Å²) in [5.41, 5.74) is 0.0780. The highest BCUT2D eigenvalue weighted by Gasteiger charge is 2.15. The van der Waals surface area contributed by atoms with Crippen LogP contribution < -0.4 is 9.47 Å². The lowest BCUT2D eigenvalue weighted by Crippen LogP contribution is -1.92. The van der Waals surface area contributed by atoms with Gasteiger partial charge in [0.15, 0.2) is 11.5 Å². The third-order valence-electron chi connectivity index (χ3n) is 1.49. The fourth-order valence-electron chi connectivity index (χ4n) is 0.933. The number of ether oxygens (including phenoxy) is 2. The van der Waals surface area contributed by atoms with Crippen molar-refractivity contribution in [3.8, 4) is 11.5 Å². The Bertz CT molecular complexity index is 267. The van der Waals surface area contributed by atoms with Crippen molar-refractivity contribution in [1.82, 2.24) is 0 Å². The lowest BCUT2D eigenvalue weighted by Gasteiger charge is -1.97. The first-order valence-corrected chi connectivity index (χ1v) is 3.12. The average Bonchev–Trinajstić information content (AvgIpc) is 2.36. The molecule has 11 heavy (non-hydrogen) atoms. The molecule has 2 nitrogen and oxygen atoms in total. The summed E-state index contributed by atoms with van der Waals surface area (Å²) in [4.78, 5) is 0. The van der Waals surface area contributed by atoms with Gasteiger partial charge in [-0.25, -0.2) is 4.39 Å². The molecule has 1 aromatic carbocycles. The van der Waals surface area contributed by atoms with Crippen molar-refractivity contribution in [2.45, 2.75) is 0 Å². The van der Waals surface area contributed by atoms with Crippen LogP contribution in [0.5, 0.6) is 11.5 Å². The van der Waals surface area contributed by atoms with Gasteiger partial charge in [-0.15, -0.1) is 0 Å². The molecule has 0 atom stereocenters. The first kappa shape index (κ1) is 6.46. The summed E-state index contributed by atoms with van der Waals surface area (Å²) in [6, 6.07) is 2.63. The second-order valence-corrected chi connectivity index (χ2v) is 2.23. The van der Waals surface area contributed by atoms with Gasteiger partial charge < -0.3 is 9.47 Å². The van der Waals surface area contributed by atoms with Crippen molar-refractivity contribution in [2.75, 3.05) is 6.79 Å². The van der Waals surface area contributed by atoms with Gasteiger partial charge in [-0.2, -0.15) is 0 Å². The molecule has 0 amide bonds. The van der Waals surface area contributed by atoms with Crippen molar-refractivity contribution < 1.29 is 13.9 Å². The van der Waals surface area contributed by atoms with E-state index in [0.29, 0.717) is 11.5 Å². The third-order valence-corrected chi connectivity index (χ3v) is 1.49. The predicted molar refractivity (Wildman–Crippen MR) is 35.9 cm³/mol. The highest BCUT2D eigenvalue weighted by atomic mass is 19.1. The van der Waals surface area contributed by atoms with Gasteiger partial charge in [-0.05, 0) is 11.6 Å². The molecule has 0 unspecified atom stereocenters. The van der Waals surface area contributed by atoms with Crippen LogP contribution in [-0.4, -0.2) is 6.79 Å². The summed E-state index contributed by atoms with van der Waals surface area (Å²) < 4.78 is 22.6.